The number of nitrogens with zero attached hydrogens (tertiary/aromatic N) is 2. The summed E-state index contributed by atoms with van der Waals surface area (Å²) < 4.78 is 17.2. The predicted molar refractivity (Wildman–Crippen MR) is 145 cm³/mol. The second kappa shape index (κ2) is 11.0. The lowest BCUT2D eigenvalue weighted by Crippen LogP contribution is -2.49. The summed E-state index contributed by atoms with van der Waals surface area (Å²) >= 11 is 0. The van der Waals surface area contributed by atoms with Gasteiger partial charge < -0.3 is 23.9 Å². The van der Waals surface area contributed by atoms with Gasteiger partial charge in [-0.1, -0.05) is 35.9 Å². The molecule has 0 spiro atoms. The van der Waals surface area contributed by atoms with Crippen LogP contribution in [0.2, 0.25) is 0 Å². The number of amides is 1. The van der Waals surface area contributed by atoms with Crippen LogP contribution < -0.4 is 14.9 Å². The van der Waals surface area contributed by atoms with E-state index in [1.165, 1.54) is 30.4 Å². The smallest absolute Gasteiger partial charge is 0.260 e. The van der Waals surface area contributed by atoms with Crippen molar-refractivity contribution in [2.24, 2.45) is 0 Å². The van der Waals surface area contributed by atoms with Crippen molar-refractivity contribution in [1.29, 1.82) is 0 Å². The zero-order valence-corrected chi connectivity index (χ0v) is 21.5. The topological polar surface area (TPSA) is 92.4 Å². The number of methoxy groups -OCH3 is 1. The fraction of sp³-hybridized carbons (Fsp3) is 0.267. The first-order valence-corrected chi connectivity index (χ1v) is 12.5. The molecule has 3 aromatic carbocycles. The van der Waals surface area contributed by atoms with Crippen molar-refractivity contribution in [3.63, 3.8) is 0 Å². The molecule has 4 aromatic rings. The van der Waals surface area contributed by atoms with E-state index < -0.39 is 0 Å². The summed E-state index contributed by atoms with van der Waals surface area (Å²) in [4.78, 5) is 29.7. The highest BCUT2D eigenvalue weighted by atomic mass is 16.5. The fourth-order valence-electron chi connectivity index (χ4n) is 4.61. The van der Waals surface area contributed by atoms with Gasteiger partial charge in [0.25, 0.3) is 5.91 Å². The van der Waals surface area contributed by atoms with E-state index in [-0.39, 0.29) is 34.7 Å². The number of phenols is 1. The van der Waals surface area contributed by atoms with Crippen LogP contribution in [0.1, 0.15) is 11.1 Å². The summed E-state index contributed by atoms with van der Waals surface area (Å²) in [6.45, 7) is 5.70. The number of benzene rings is 3. The van der Waals surface area contributed by atoms with Crippen molar-refractivity contribution >= 4 is 16.9 Å². The fourth-order valence-corrected chi connectivity index (χ4v) is 4.61. The van der Waals surface area contributed by atoms with E-state index in [1.807, 2.05) is 4.90 Å². The molecule has 1 aliphatic rings. The van der Waals surface area contributed by atoms with Crippen LogP contribution in [-0.4, -0.2) is 60.7 Å². The first-order chi connectivity index (χ1) is 18.4. The van der Waals surface area contributed by atoms with Gasteiger partial charge >= 0.3 is 0 Å². The van der Waals surface area contributed by atoms with Crippen molar-refractivity contribution < 1.29 is 23.8 Å². The maximum Gasteiger partial charge on any atom is 0.260 e. The van der Waals surface area contributed by atoms with Gasteiger partial charge in [0.2, 0.25) is 0 Å². The quantitative estimate of drug-likeness (QED) is 0.395. The molecule has 1 saturated heterocycles. The van der Waals surface area contributed by atoms with Gasteiger partial charge in [0.05, 0.1) is 7.11 Å². The van der Waals surface area contributed by atoms with Crippen molar-refractivity contribution in [2.75, 3.05) is 39.9 Å². The minimum atomic E-state index is -0.352. The Morgan fingerprint density at radius 3 is 2.47 bits per heavy atom. The zero-order valence-electron chi connectivity index (χ0n) is 21.5. The summed E-state index contributed by atoms with van der Waals surface area (Å²) in [5, 5.41) is 10.1. The highest BCUT2D eigenvalue weighted by molar-refractivity contribution is 5.84. The van der Waals surface area contributed by atoms with E-state index in [9.17, 15) is 14.7 Å². The first kappa shape index (κ1) is 25.4. The molecule has 0 radical (unpaired) electrons. The Labute approximate surface area is 220 Å². The Hall–Kier alpha value is -4.30. The van der Waals surface area contributed by atoms with Gasteiger partial charge in [0, 0.05) is 44.4 Å². The van der Waals surface area contributed by atoms with Crippen molar-refractivity contribution in [2.45, 2.75) is 13.5 Å². The highest BCUT2D eigenvalue weighted by Gasteiger charge is 2.22. The van der Waals surface area contributed by atoms with Crippen LogP contribution in [0.15, 0.2) is 75.9 Å². The van der Waals surface area contributed by atoms with Gasteiger partial charge in [-0.05, 0) is 42.8 Å². The van der Waals surface area contributed by atoms with Gasteiger partial charge in [-0.3, -0.25) is 14.5 Å². The summed E-state index contributed by atoms with van der Waals surface area (Å²) in [6.07, 6.45) is 0. The minimum absolute atomic E-state index is 0.0971. The molecule has 8 heteroatoms. The van der Waals surface area contributed by atoms with E-state index in [4.69, 9.17) is 13.9 Å². The number of hydrogen-bond donors (Lipinski definition) is 1. The number of aromatic hydroxyl groups is 1. The van der Waals surface area contributed by atoms with Crippen molar-refractivity contribution in [3.05, 3.63) is 88.1 Å². The Kier molecular flexibility index (Phi) is 7.33. The molecule has 0 bridgehead atoms. The highest BCUT2D eigenvalue weighted by Crippen LogP contribution is 2.34. The number of piperazine rings is 1. The van der Waals surface area contributed by atoms with Crippen LogP contribution in [0.4, 0.5) is 0 Å². The summed E-state index contributed by atoms with van der Waals surface area (Å²) in [5.74, 6) is 0.924. The lowest BCUT2D eigenvalue weighted by atomic mass is 10.1. The Balaban J connectivity index is 1.24. The molecule has 38 heavy (non-hydrogen) atoms. The van der Waals surface area contributed by atoms with Gasteiger partial charge in [-0.2, -0.15) is 0 Å². The van der Waals surface area contributed by atoms with E-state index in [0.717, 1.165) is 19.6 Å². The molecule has 0 atom stereocenters. The standard InChI is InChI=1S/C30H30N2O6/c1-20-6-8-21(9-7-20)18-31-12-14-32(15-13-31)29(35)19-37-28-16-22(10-11-25(28)36-2)27-17-24(34)30-23(33)4-3-5-26(30)38-27/h3-11,16-17,33H,12-15,18-19H2,1-2H3. The van der Waals surface area contributed by atoms with Crippen LogP contribution in [-0.2, 0) is 11.3 Å². The van der Waals surface area contributed by atoms with Crippen molar-refractivity contribution in [1.82, 2.24) is 9.80 Å². The Morgan fingerprint density at radius 1 is 0.974 bits per heavy atom. The molecule has 5 rings (SSSR count). The second-order valence-electron chi connectivity index (χ2n) is 9.42. The lowest BCUT2D eigenvalue weighted by Gasteiger charge is -2.34. The SMILES string of the molecule is COc1ccc(-c2cc(=O)c3c(O)cccc3o2)cc1OCC(=O)N1CCN(Cc2ccc(C)cc2)CC1. The third-order valence-electron chi connectivity index (χ3n) is 6.78. The van der Waals surface area contributed by atoms with E-state index in [2.05, 4.69) is 36.1 Å². The predicted octanol–water partition coefficient (Wildman–Crippen LogP) is 4.21. The summed E-state index contributed by atoms with van der Waals surface area (Å²) in [6, 6.07) is 19.7. The van der Waals surface area contributed by atoms with Gasteiger partial charge in [0.15, 0.2) is 23.5 Å². The summed E-state index contributed by atoms with van der Waals surface area (Å²) in [7, 11) is 1.52. The van der Waals surface area contributed by atoms with E-state index >= 15 is 0 Å². The number of phenolic OH excluding ortho intramolecular Hbond substituents is 1. The number of carbonyl (C=O) groups is 1. The number of carbonyl (C=O) groups excluding carboxylic acids is 1. The third-order valence-corrected chi connectivity index (χ3v) is 6.78. The van der Waals surface area contributed by atoms with Gasteiger partial charge in [-0.15, -0.1) is 0 Å². The number of ether oxygens (including phenoxy) is 2. The third kappa shape index (κ3) is 5.50. The molecule has 1 N–H and O–H groups in total. The Bertz CT molecular complexity index is 1500. The molecular formula is C30H30N2O6. The second-order valence-corrected chi connectivity index (χ2v) is 9.42. The van der Waals surface area contributed by atoms with E-state index in [1.54, 1.807) is 30.3 Å². The molecule has 0 aliphatic carbocycles. The van der Waals surface area contributed by atoms with Crippen LogP contribution >= 0.6 is 0 Å². The zero-order chi connectivity index (χ0) is 26.6. The van der Waals surface area contributed by atoms with Crippen molar-refractivity contribution in [3.8, 4) is 28.6 Å². The maximum absolute atomic E-state index is 12.9. The molecule has 0 unspecified atom stereocenters. The average Bonchev–Trinajstić information content (AvgIpc) is 2.93. The number of rotatable bonds is 7. The number of hydrogen-bond acceptors (Lipinski definition) is 7. The summed E-state index contributed by atoms with van der Waals surface area (Å²) in [5.41, 5.74) is 3.02. The number of aryl methyl sites for hydroxylation is 1. The van der Waals surface area contributed by atoms with Gasteiger partial charge in [-0.25, -0.2) is 0 Å². The van der Waals surface area contributed by atoms with Crippen LogP contribution in [0.5, 0.6) is 17.2 Å². The normalized spacial score (nSPS) is 14.0. The molecule has 1 aromatic heterocycles. The molecule has 2 heterocycles. The number of fused-ring (bicyclic) bond motifs is 1. The molecule has 1 fully saturated rings. The largest absolute Gasteiger partial charge is 0.507 e. The maximum atomic E-state index is 12.9. The molecule has 196 valence electrons. The van der Waals surface area contributed by atoms with E-state index in [0.29, 0.717) is 35.9 Å². The van der Waals surface area contributed by atoms with Crippen LogP contribution in [0.3, 0.4) is 0 Å². The van der Waals surface area contributed by atoms with Crippen LogP contribution in [0.25, 0.3) is 22.3 Å². The molecule has 1 aliphatic heterocycles. The molecule has 0 saturated carbocycles. The Morgan fingerprint density at radius 2 is 1.74 bits per heavy atom. The lowest BCUT2D eigenvalue weighted by molar-refractivity contribution is -0.135. The van der Waals surface area contributed by atoms with Gasteiger partial charge in [0.1, 0.15) is 22.5 Å². The first-order valence-electron chi connectivity index (χ1n) is 12.5. The average molecular weight is 515 g/mol. The molecule has 1 amide bonds. The molecule has 8 nitrogen and oxygen atoms in total. The minimum Gasteiger partial charge on any atom is -0.507 e. The van der Waals surface area contributed by atoms with Crippen LogP contribution in [0, 0.1) is 6.92 Å². The molecular weight excluding hydrogens is 484 g/mol. The monoisotopic (exact) mass is 514 g/mol.